The van der Waals surface area contributed by atoms with Crippen LogP contribution in [0.3, 0.4) is 0 Å². The number of benzene rings is 1. The molecule has 0 aromatic heterocycles. The number of amides is 1. The Balaban J connectivity index is 2.40. The standard InChI is InChI=1S/C17H28N4O2/c1-5-23-11-10-19-17(18-4)20-12-14-6-8-15(9-7-14)21-16(22)13(2)3/h6-9,13H,5,10-12H2,1-4H3,(H,21,22)(H2,18,19,20). The lowest BCUT2D eigenvalue weighted by Gasteiger charge is -2.12. The highest BCUT2D eigenvalue weighted by Gasteiger charge is 2.06. The average Bonchev–Trinajstić information content (AvgIpc) is 2.55. The summed E-state index contributed by atoms with van der Waals surface area (Å²) in [6, 6.07) is 7.78. The predicted octanol–water partition coefficient (Wildman–Crippen LogP) is 1.98. The number of nitrogens with zero attached hydrogens (tertiary/aromatic N) is 1. The lowest BCUT2D eigenvalue weighted by Crippen LogP contribution is -2.38. The molecule has 0 spiro atoms. The first-order chi connectivity index (χ1) is 11.1. The SMILES string of the molecule is CCOCCNC(=NC)NCc1ccc(NC(=O)C(C)C)cc1. The van der Waals surface area contributed by atoms with Crippen molar-refractivity contribution in [3.8, 4) is 0 Å². The van der Waals surface area contributed by atoms with Gasteiger partial charge in [-0.3, -0.25) is 9.79 Å². The van der Waals surface area contributed by atoms with Gasteiger partial charge < -0.3 is 20.7 Å². The van der Waals surface area contributed by atoms with Crippen molar-refractivity contribution in [1.82, 2.24) is 10.6 Å². The molecule has 6 heteroatoms. The van der Waals surface area contributed by atoms with Gasteiger partial charge in [-0.05, 0) is 24.6 Å². The summed E-state index contributed by atoms with van der Waals surface area (Å²) in [5.74, 6) is 0.735. The number of guanidine groups is 1. The van der Waals surface area contributed by atoms with Gasteiger partial charge in [0.2, 0.25) is 5.91 Å². The summed E-state index contributed by atoms with van der Waals surface area (Å²) in [7, 11) is 1.74. The molecule has 1 rings (SSSR count). The van der Waals surface area contributed by atoms with E-state index < -0.39 is 0 Å². The Labute approximate surface area is 138 Å². The first-order valence-corrected chi connectivity index (χ1v) is 7.98. The van der Waals surface area contributed by atoms with E-state index in [0.29, 0.717) is 26.3 Å². The lowest BCUT2D eigenvalue weighted by molar-refractivity contribution is -0.118. The smallest absolute Gasteiger partial charge is 0.226 e. The predicted molar refractivity (Wildman–Crippen MR) is 94.6 cm³/mol. The van der Waals surface area contributed by atoms with Crippen LogP contribution in [0, 0.1) is 5.92 Å². The molecule has 1 amide bonds. The van der Waals surface area contributed by atoms with Crippen molar-refractivity contribution in [3.05, 3.63) is 29.8 Å². The van der Waals surface area contributed by atoms with E-state index >= 15 is 0 Å². The average molecular weight is 320 g/mol. The molecule has 6 nitrogen and oxygen atoms in total. The summed E-state index contributed by atoms with van der Waals surface area (Å²) >= 11 is 0. The van der Waals surface area contributed by atoms with Crippen LogP contribution in [-0.2, 0) is 16.1 Å². The maximum absolute atomic E-state index is 11.6. The van der Waals surface area contributed by atoms with Crippen LogP contribution in [0.5, 0.6) is 0 Å². The van der Waals surface area contributed by atoms with Gasteiger partial charge in [0.25, 0.3) is 0 Å². The van der Waals surface area contributed by atoms with E-state index in [9.17, 15) is 4.79 Å². The fourth-order valence-corrected chi connectivity index (χ4v) is 1.78. The Bertz CT molecular complexity index is 498. The molecule has 0 saturated heterocycles. The molecule has 23 heavy (non-hydrogen) atoms. The summed E-state index contributed by atoms with van der Waals surface area (Å²) in [6.07, 6.45) is 0. The molecular formula is C17H28N4O2. The van der Waals surface area contributed by atoms with Crippen molar-refractivity contribution in [2.24, 2.45) is 10.9 Å². The number of carbonyl (C=O) groups excluding carboxylic acids is 1. The van der Waals surface area contributed by atoms with Crippen molar-refractivity contribution in [2.45, 2.75) is 27.3 Å². The Morgan fingerprint density at radius 2 is 1.91 bits per heavy atom. The molecule has 0 unspecified atom stereocenters. The third-order valence-corrected chi connectivity index (χ3v) is 3.17. The zero-order chi connectivity index (χ0) is 17.1. The highest BCUT2D eigenvalue weighted by molar-refractivity contribution is 5.92. The normalized spacial score (nSPS) is 11.4. The van der Waals surface area contributed by atoms with Crippen LogP contribution in [0.2, 0.25) is 0 Å². The molecule has 0 aliphatic heterocycles. The molecule has 0 bridgehead atoms. The van der Waals surface area contributed by atoms with Gasteiger partial charge >= 0.3 is 0 Å². The largest absolute Gasteiger partial charge is 0.380 e. The number of hydrogen-bond donors (Lipinski definition) is 3. The minimum atomic E-state index is -0.0255. The van der Waals surface area contributed by atoms with Gasteiger partial charge in [-0.1, -0.05) is 26.0 Å². The molecule has 1 aromatic carbocycles. The third kappa shape index (κ3) is 7.65. The van der Waals surface area contributed by atoms with Crippen LogP contribution >= 0.6 is 0 Å². The first kappa shape index (κ1) is 19.0. The highest BCUT2D eigenvalue weighted by atomic mass is 16.5. The van der Waals surface area contributed by atoms with E-state index in [1.807, 2.05) is 45.0 Å². The Morgan fingerprint density at radius 1 is 1.22 bits per heavy atom. The second-order valence-electron chi connectivity index (χ2n) is 5.39. The highest BCUT2D eigenvalue weighted by Crippen LogP contribution is 2.10. The summed E-state index contributed by atoms with van der Waals surface area (Å²) in [6.45, 7) is 8.46. The van der Waals surface area contributed by atoms with Crippen LogP contribution in [0.1, 0.15) is 26.3 Å². The number of rotatable bonds is 8. The zero-order valence-corrected chi connectivity index (χ0v) is 14.5. The molecular weight excluding hydrogens is 292 g/mol. The topological polar surface area (TPSA) is 74.8 Å². The summed E-state index contributed by atoms with van der Waals surface area (Å²) < 4.78 is 5.27. The van der Waals surface area contributed by atoms with Crippen molar-refractivity contribution in [1.29, 1.82) is 0 Å². The quantitative estimate of drug-likeness (QED) is 0.389. The monoisotopic (exact) mass is 320 g/mol. The fourth-order valence-electron chi connectivity index (χ4n) is 1.78. The van der Waals surface area contributed by atoms with Crippen LogP contribution in [-0.4, -0.2) is 38.7 Å². The zero-order valence-electron chi connectivity index (χ0n) is 14.5. The van der Waals surface area contributed by atoms with Crippen molar-refractivity contribution in [2.75, 3.05) is 32.1 Å². The van der Waals surface area contributed by atoms with Crippen molar-refractivity contribution >= 4 is 17.6 Å². The van der Waals surface area contributed by atoms with Gasteiger partial charge in [-0.2, -0.15) is 0 Å². The van der Waals surface area contributed by atoms with Gasteiger partial charge in [0.15, 0.2) is 5.96 Å². The molecule has 0 aliphatic rings. The summed E-state index contributed by atoms with van der Waals surface area (Å²) in [5.41, 5.74) is 1.92. The van der Waals surface area contributed by atoms with Gasteiger partial charge in [-0.15, -0.1) is 0 Å². The van der Waals surface area contributed by atoms with Gasteiger partial charge in [0, 0.05) is 38.3 Å². The summed E-state index contributed by atoms with van der Waals surface area (Å²) in [5, 5.41) is 9.29. The lowest BCUT2D eigenvalue weighted by atomic mass is 10.1. The van der Waals surface area contributed by atoms with Crippen LogP contribution < -0.4 is 16.0 Å². The minimum absolute atomic E-state index is 0.0229. The Morgan fingerprint density at radius 3 is 2.48 bits per heavy atom. The third-order valence-electron chi connectivity index (χ3n) is 3.17. The molecule has 0 fully saturated rings. The van der Waals surface area contributed by atoms with Gasteiger partial charge in [0.05, 0.1) is 6.61 Å². The number of carbonyl (C=O) groups is 1. The van der Waals surface area contributed by atoms with Gasteiger partial charge in [-0.25, -0.2) is 0 Å². The van der Waals surface area contributed by atoms with Crippen LogP contribution in [0.25, 0.3) is 0 Å². The minimum Gasteiger partial charge on any atom is -0.380 e. The molecule has 0 radical (unpaired) electrons. The van der Waals surface area contributed by atoms with Crippen LogP contribution in [0.15, 0.2) is 29.3 Å². The van der Waals surface area contributed by atoms with E-state index in [-0.39, 0.29) is 11.8 Å². The van der Waals surface area contributed by atoms with Crippen LogP contribution in [0.4, 0.5) is 5.69 Å². The van der Waals surface area contributed by atoms with Crippen molar-refractivity contribution in [3.63, 3.8) is 0 Å². The molecule has 128 valence electrons. The molecule has 3 N–H and O–H groups in total. The van der Waals surface area contributed by atoms with E-state index in [1.165, 1.54) is 0 Å². The molecule has 0 heterocycles. The number of anilines is 1. The molecule has 0 aliphatic carbocycles. The number of ether oxygens (including phenoxy) is 1. The van der Waals surface area contributed by atoms with E-state index in [0.717, 1.165) is 17.2 Å². The van der Waals surface area contributed by atoms with Crippen molar-refractivity contribution < 1.29 is 9.53 Å². The van der Waals surface area contributed by atoms with E-state index in [2.05, 4.69) is 20.9 Å². The molecule has 1 aromatic rings. The maximum Gasteiger partial charge on any atom is 0.226 e. The number of nitrogens with one attached hydrogen (secondary N) is 3. The van der Waals surface area contributed by atoms with E-state index in [1.54, 1.807) is 7.05 Å². The van der Waals surface area contributed by atoms with E-state index in [4.69, 9.17) is 4.74 Å². The first-order valence-electron chi connectivity index (χ1n) is 7.98. The number of hydrogen-bond acceptors (Lipinski definition) is 3. The second kappa shape index (κ2) is 10.6. The number of aliphatic imine (C=N–C) groups is 1. The van der Waals surface area contributed by atoms with Gasteiger partial charge in [0.1, 0.15) is 0 Å². The Hall–Kier alpha value is -2.08. The second-order valence-corrected chi connectivity index (χ2v) is 5.39. The molecule has 0 atom stereocenters. The Kier molecular flexibility index (Phi) is 8.75. The fraction of sp³-hybridized carbons (Fsp3) is 0.529. The summed E-state index contributed by atoms with van der Waals surface area (Å²) in [4.78, 5) is 15.8. The maximum atomic E-state index is 11.6. The molecule has 0 saturated carbocycles.